The van der Waals surface area contributed by atoms with Gasteiger partial charge >= 0.3 is 4.87 Å². The van der Waals surface area contributed by atoms with E-state index in [2.05, 4.69) is 21.2 Å². The second kappa shape index (κ2) is 8.92. The molecule has 3 aromatic rings. The molecule has 0 aliphatic carbocycles. The van der Waals surface area contributed by atoms with Crippen LogP contribution >= 0.6 is 50.6 Å². The topological polar surface area (TPSA) is 88.5 Å². The molecule has 2 aliphatic rings. The van der Waals surface area contributed by atoms with E-state index in [0.29, 0.717) is 26.3 Å². The van der Waals surface area contributed by atoms with Gasteiger partial charge in [-0.2, -0.15) is 0 Å². The van der Waals surface area contributed by atoms with Crippen molar-refractivity contribution in [2.45, 2.75) is 36.1 Å². The third-order valence-electron chi connectivity index (χ3n) is 6.22. The monoisotopic (exact) mass is 591 g/mol. The van der Waals surface area contributed by atoms with Crippen LogP contribution in [0, 0.1) is 5.92 Å². The minimum Gasteiger partial charge on any atom is -0.325 e. The Morgan fingerprint density at radius 2 is 1.71 bits per heavy atom. The van der Waals surface area contributed by atoms with Gasteiger partial charge in [0.25, 0.3) is 0 Å². The van der Waals surface area contributed by atoms with E-state index in [9.17, 15) is 19.2 Å². The number of nitrogens with one attached hydrogen (secondary N) is 1. The summed E-state index contributed by atoms with van der Waals surface area (Å²) in [6.45, 7) is 3.56. The van der Waals surface area contributed by atoms with Gasteiger partial charge in [0.2, 0.25) is 17.7 Å². The van der Waals surface area contributed by atoms with Crippen LogP contribution in [0.2, 0.25) is 5.02 Å². The number of nitrogens with zero attached hydrogens (tertiary/aromatic N) is 2. The Hall–Kier alpha value is -2.40. The van der Waals surface area contributed by atoms with Gasteiger partial charge in [-0.25, -0.2) is 4.90 Å². The molecule has 2 aromatic carbocycles. The van der Waals surface area contributed by atoms with Crippen LogP contribution in [-0.4, -0.2) is 27.5 Å². The van der Waals surface area contributed by atoms with E-state index in [-0.39, 0.29) is 29.1 Å². The van der Waals surface area contributed by atoms with Crippen LogP contribution in [0.15, 0.2) is 62.8 Å². The van der Waals surface area contributed by atoms with Gasteiger partial charge < -0.3 is 5.32 Å². The third kappa shape index (κ3) is 4.16. The SMILES string of the molecule is CC1(C)c2sc(=O)n(CC(=O)Nc3ccc(Cl)cc3)c2SC2C(=O)N(c3ccc(Br)cc3)C(=O)C21. The van der Waals surface area contributed by atoms with Crippen LogP contribution in [0.25, 0.3) is 0 Å². The Bertz CT molecular complexity index is 1420. The highest BCUT2D eigenvalue weighted by atomic mass is 79.9. The summed E-state index contributed by atoms with van der Waals surface area (Å²) in [5.41, 5.74) is 0.313. The number of carbonyl (C=O) groups is 3. The van der Waals surface area contributed by atoms with Crippen molar-refractivity contribution in [2.75, 3.05) is 10.2 Å². The predicted molar refractivity (Wildman–Crippen MR) is 141 cm³/mol. The summed E-state index contributed by atoms with van der Waals surface area (Å²) in [4.78, 5) is 54.2. The summed E-state index contributed by atoms with van der Waals surface area (Å²) in [6, 6.07) is 13.7. The molecular weight excluding hydrogens is 574 g/mol. The number of hydrogen-bond acceptors (Lipinski definition) is 6. The molecular formula is C24H19BrClN3O4S2. The lowest BCUT2D eigenvalue weighted by Gasteiger charge is -2.36. The summed E-state index contributed by atoms with van der Waals surface area (Å²) >= 11 is 11.5. The first-order chi connectivity index (χ1) is 16.6. The van der Waals surface area contributed by atoms with Crippen LogP contribution in [0.5, 0.6) is 0 Å². The molecule has 5 rings (SSSR count). The normalized spacial score (nSPS) is 20.5. The van der Waals surface area contributed by atoms with Crippen LogP contribution < -0.4 is 15.1 Å². The number of aromatic nitrogens is 1. The first-order valence-electron chi connectivity index (χ1n) is 10.7. The molecule has 2 unspecified atom stereocenters. The average Bonchev–Trinajstić information content (AvgIpc) is 3.25. The van der Waals surface area contributed by atoms with Crippen molar-refractivity contribution in [3.8, 4) is 0 Å². The molecule has 2 aliphatic heterocycles. The lowest BCUT2D eigenvalue weighted by atomic mass is 9.76. The molecule has 1 N–H and O–H groups in total. The lowest BCUT2D eigenvalue weighted by molar-refractivity contribution is -0.123. The Morgan fingerprint density at radius 3 is 2.37 bits per heavy atom. The van der Waals surface area contributed by atoms with E-state index < -0.39 is 16.6 Å². The van der Waals surface area contributed by atoms with Crippen molar-refractivity contribution in [1.29, 1.82) is 0 Å². The number of carbonyl (C=O) groups excluding carboxylic acids is 3. The molecule has 180 valence electrons. The Morgan fingerprint density at radius 1 is 1.06 bits per heavy atom. The number of anilines is 2. The zero-order valence-corrected chi connectivity index (χ0v) is 22.6. The number of thioether (sulfide) groups is 1. The molecule has 1 saturated heterocycles. The van der Waals surface area contributed by atoms with Crippen molar-refractivity contribution < 1.29 is 14.4 Å². The smallest absolute Gasteiger partial charge is 0.308 e. The third-order valence-corrected chi connectivity index (χ3v) is 9.82. The van der Waals surface area contributed by atoms with Crippen molar-refractivity contribution >= 4 is 79.7 Å². The minimum absolute atomic E-state index is 0.202. The molecule has 7 nitrogen and oxygen atoms in total. The molecule has 0 bridgehead atoms. The number of thiazole rings is 1. The minimum atomic E-state index is -0.760. The first kappa shape index (κ1) is 24.3. The predicted octanol–water partition coefficient (Wildman–Crippen LogP) is 4.91. The molecule has 1 aromatic heterocycles. The molecule has 0 spiro atoms. The Kier molecular flexibility index (Phi) is 6.19. The number of imide groups is 1. The van der Waals surface area contributed by atoms with Crippen molar-refractivity contribution in [2.24, 2.45) is 5.92 Å². The average molecular weight is 593 g/mol. The highest BCUT2D eigenvalue weighted by Crippen LogP contribution is 2.54. The summed E-state index contributed by atoms with van der Waals surface area (Å²) < 4.78 is 2.24. The fourth-order valence-electron chi connectivity index (χ4n) is 4.49. The number of hydrogen-bond donors (Lipinski definition) is 1. The molecule has 3 amide bonds. The van der Waals surface area contributed by atoms with Gasteiger partial charge in [0.05, 0.1) is 16.6 Å². The molecule has 1 fully saturated rings. The fraction of sp³-hybridized carbons (Fsp3) is 0.250. The molecule has 0 saturated carbocycles. The standard InChI is InChI=1S/C24H19BrClN3O4S2/c1-24(2)17-18(21(32)29(20(17)31)15-9-3-12(25)4-10-15)34-22-19(24)35-23(33)28(22)11-16(30)27-14-7-5-13(26)6-8-14/h3-10,17-18H,11H2,1-2H3,(H,27,30). The quantitative estimate of drug-likeness (QED) is 0.435. The van der Waals surface area contributed by atoms with Crippen LogP contribution in [-0.2, 0) is 26.3 Å². The van der Waals surface area contributed by atoms with Crippen molar-refractivity contribution in [3.05, 3.63) is 72.6 Å². The van der Waals surface area contributed by atoms with E-state index >= 15 is 0 Å². The lowest BCUT2D eigenvalue weighted by Crippen LogP contribution is -2.41. The largest absolute Gasteiger partial charge is 0.325 e. The van der Waals surface area contributed by atoms with E-state index in [1.165, 1.54) is 21.2 Å². The zero-order valence-electron chi connectivity index (χ0n) is 18.6. The van der Waals surface area contributed by atoms with Gasteiger partial charge in [-0.15, -0.1) is 0 Å². The summed E-state index contributed by atoms with van der Waals surface area (Å²) in [5, 5.41) is 3.19. The molecule has 0 radical (unpaired) electrons. The highest BCUT2D eigenvalue weighted by Gasteiger charge is 2.59. The second-order valence-electron chi connectivity index (χ2n) is 8.87. The summed E-state index contributed by atoms with van der Waals surface area (Å²) in [5.74, 6) is -1.59. The number of rotatable bonds is 4. The van der Waals surface area contributed by atoms with Gasteiger partial charge in [-0.3, -0.25) is 23.7 Å². The van der Waals surface area contributed by atoms with Gasteiger partial charge in [-0.1, -0.05) is 64.5 Å². The number of fused-ring (bicyclic) bond motifs is 2. The van der Waals surface area contributed by atoms with Gasteiger partial charge in [0.15, 0.2) is 0 Å². The summed E-state index contributed by atoms with van der Waals surface area (Å²) in [6.07, 6.45) is 0. The van der Waals surface area contributed by atoms with E-state index in [1.807, 2.05) is 13.8 Å². The Balaban J connectivity index is 1.46. The van der Waals surface area contributed by atoms with Gasteiger partial charge in [0.1, 0.15) is 11.8 Å². The molecule has 11 heteroatoms. The number of halogens is 2. The maximum absolute atomic E-state index is 13.5. The molecule has 3 heterocycles. The fourth-order valence-corrected chi connectivity index (χ4v) is 7.92. The first-order valence-corrected chi connectivity index (χ1v) is 13.5. The van der Waals surface area contributed by atoms with E-state index in [1.54, 1.807) is 48.5 Å². The van der Waals surface area contributed by atoms with E-state index in [4.69, 9.17) is 11.6 Å². The van der Waals surface area contributed by atoms with Crippen molar-refractivity contribution in [3.63, 3.8) is 0 Å². The van der Waals surface area contributed by atoms with E-state index in [0.717, 1.165) is 15.8 Å². The number of amides is 3. The maximum atomic E-state index is 13.5. The van der Waals surface area contributed by atoms with Crippen molar-refractivity contribution in [1.82, 2.24) is 4.57 Å². The zero-order chi connectivity index (χ0) is 25.1. The van der Waals surface area contributed by atoms with Gasteiger partial charge in [-0.05, 0) is 48.5 Å². The molecule has 2 atom stereocenters. The van der Waals surface area contributed by atoms with Crippen LogP contribution in [0.3, 0.4) is 0 Å². The maximum Gasteiger partial charge on any atom is 0.308 e. The van der Waals surface area contributed by atoms with Gasteiger partial charge in [0, 0.05) is 25.5 Å². The second-order valence-corrected chi connectivity index (χ2v) is 12.3. The number of benzene rings is 2. The summed E-state index contributed by atoms with van der Waals surface area (Å²) in [7, 11) is 0. The highest BCUT2D eigenvalue weighted by molar-refractivity contribution is 9.10. The Labute approximate surface area is 222 Å². The van der Waals surface area contributed by atoms with Crippen LogP contribution in [0.4, 0.5) is 11.4 Å². The van der Waals surface area contributed by atoms with Crippen LogP contribution in [0.1, 0.15) is 18.7 Å². The molecule has 35 heavy (non-hydrogen) atoms.